The van der Waals surface area contributed by atoms with Gasteiger partial charge in [-0.3, -0.25) is 4.99 Å². The van der Waals surface area contributed by atoms with Crippen LogP contribution in [0.25, 0.3) is 0 Å². The van der Waals surface area contributed by atoms with Crippen LogP contribution in [0.4, 0.5) is 0 Å². The Morgan fingerprint density at radius 1 is 1.47 bits per heavy atom. The molecule has 0 amide bonds. The van der Waals surface area contributed by atoms with Crippen molar-refractivity contribution in [1.29, 1.82) is 0 Å². The van der Waals surface area contributed by atoms with Gasteiger partial charge in [-0.1, -0.05) is 12.1 Å². The summed E-state index contributed by atoms with van der Waals surface area (Å²) in [5.74, 6) is 1.08. The van der Waals surface area contributed by atoms with Crippen LogP contribution < -0.4 is 5.73 Å². The summed E-state index contributed by atoms with van der Waals surface area (Å²) in [7, 11) is 1.62. The second kappa shape index (κ2) is 6.65. The Morgan fingerprint density at radius 3 is 2.88 bits per heavy atom. The van der Waals surface area contributed by atoms with E-state index in [2.05, 4.69) is 9.98 Å². The molecule has 0 atom stereocenters. The van der Waals surface area contributed by atoms with Gasteiger partial charge in [-0.25, -0.2) is 4.99 Å². The third-order valence-corrected chi connectivity index (χ3v) is 2.06. The number of nitrogens with two attached hydrogens (primary N) is 1. The van der Waals surface area contributed by atoms with Gasteiger partial charge in [0.05, 0.1) is 13.2 Å². The Labute approximate surface area is 101 Å². The number of ether oxygens (including phenoxy) is 1. The lowest BCUT2D eigenvalue weighted by Crippen LogP contribution is -2.15. The Hall–Kier alpha value is -1.88. The van der Waals surface area contributed by atoms with Crippen molar-refractivity contribution in [3.63, 3.8) is 0 Å². The Morgan fingerprint density at radius 2 is 2.24 bits per heavy atom. The molecule has 0 radical (unpaired) electrons. The highest BCUT2D eigenvalue weighted by Gasteiger charge is 1.99. The number of phenols is 1. The number of phenolic OH excluding ortho intramolecular Hbond substituents is 1. The van der Waals surface area contributed by atoms with E-state index in [-0.39, 0.29) is 5.75 Å². The lowest BCUT2D eigenvalue weighted by molar-refractivity contribution is 0.208. The van der Waals surface area contributed by atoms with Crippen molar-refractivity contribution in [1.82, 2.24) is 0 Å². The first-order valence-corrected chi connectivity index (χ1v) is 5.27. The van der Waals surface area contributed by atoms with E-state index in [1.165, 1.54) is 0 Å². The van der Waals surface area contributed by atoms with Gasteiger partial charge < -0.3 is 15.6 Å². The summed E-state index contributed by atoms with van der Waals surface area (Å²) in [6, 6.07) is 6.63. The van der Waals surface area contributed by atoms with E-state index >= 15 is 0 Å². The van der Waals surface area contributed by atoms with Gasteiger partial charge in [0.25, 0.3) is 0 Å². The van der Waals surface area contributed by atoms with Crippen molar-refractivity contribution in [3.8, 4) is 5.75 Å². The van der Waals surface area contributed by atoms with Crippen molar-refractivity contribution in [2.24, 2.45) is 15.7 Å². The number of amidine groups is 2. The number of hydrogen-bond acceptors (Lipinski definition) is 3. The largest absolute Gasteiger partial charge is 0.508 e. The molecule has 1 rings (SSSR count). The summed E-state index contributed by atoms with van der Waals surface area (Å²) in [5, 5.41) is 9.31. The number of aromatic hydroxyl groups is 1. The van der Waals surface area contributed by atoms with Crippen molar-refractivity contribution in [2.45, 2.75) is 6.92 Å². The molecule has 0 aliphatic heterocycles. The first kappa shape index (κ1) is 13.2. The van der Waals surface area contributed by atoms with Gasteiger partial charge in [0, 0.05) is 12.7 Å². The molecule has 5 heteroatoms. The minimum atomic E-state index is 0.162. The molecule has 1 aromatic carbocycles. The summed E-state index contributed by atoms with van der Waals surface area (Å²) in [4.78, 5) is 8.30. The molecule has 0 spiro atoms. The SMILES string of the molecule is COCCN=C(C)N=C(N)c1cccc(O)c1. The van der Waals surface area contributed by atoms with Crippen LogP contribution in [0.2, 0.25) is 0 Å². The number of hydrogen-bond donors (Lipinski definition) is 2. The molecule has 0 heterocycles. The van der Waals surface area contributed by atoms with Crippen LogP contribution in [0, 0.1) is 0 Å². The van der Waals surface area contributed by atoms with Crippen LogP contribution in [0.1, 0.15) is 12.5 Å². The molecule has 0 saturated carbocycles. The second-order valence-corrected chi connectivity index (χ2v) is 3.47. The molecule has 0 fully saturated rings. The average Bonchev–Trinajstić information content (AvgIpc) is 2.29. The standard InChI is InChI=1S/C12H17N3O2/c1-9(14-6-7-17-2)15-12(13)10-4-3-5-11(16)8-10/h3-5,8,16H,6-7H2,1-2H3,(H2,13,14,15). The average molecular weight is 235 g/mol. The zero-order valence-corrected chi connectivity index (χ0v) is 10.1. The number of aliphatic imine (C=N–C) groups is 2. The lowest BCUT2D eigenvalue weighted by atomic mass is 10.2. The quantitative estimate of drug-likeness (QED) is 0.467. The summed E-state index contributed by atoms with van der Waals surface area (Å²) in [6.45, 7) is 2.88. The molecule has 5 nitrogen and oxygen atoms in total. The zero-order valence-electron chi connectivity index (χ0n) is 10.1. The van der Waals surface area contributed by atoms with Gasteiger partial charge in [-0.2, -0.15) is 0 Å². The Bertz CT molecular complexity index is 428. The molecule has 92 valence electrons. The highest BCUT2D eigenvalue weighted by atomic mass is 16.5. The van der Waals surface area contributed by atoms with Crippen molar-refractivity contribution < 1.29 is 9.84 Å². The maximum absolute atomic E-state index is 9.31. The fourth-order valence-electron chi connectivity index (χ4n) is 1.24. The fourth-order valence-corrected chi connectivity index (χ4v) is 1.24. The van der Waals surface area contributed by atoms with Crippen LogP contribution in [0.5, 0.6) is 5.75 Å². The summed E-state index contributed by atoms with van der Waals surface area (Å²) < 4.78 is 4.88. The zero-order chi connectivity index (χ0) is 12.7. The van der Waals surface area contributed by atoms with Crippen LogP contribution in [0.15, 0.2) is 34.3 Å². The Kier molecular flexibility index (Phi) is 5.16. The topological polar surface area (TPSA) is 80.2 Å². The number of nitrogens with zero attached hydrogens (tertiary/aromatic N) is 2. The molecular weight excluding hydrogens is 218 g/mol. The molecule has 0 saturated heterocycles. The minimum Gasteiger partial charge on any atom is -0.508 e. The minimum absolute atomic E-state index is 0.162. The van der Waals surface area contributed by atoms with Gasteiger partial charge in [0.2, 0.25) is 0 Å². The third kappa shape index (κ3) is 4.65. The van der Waals surface area contributed by atoms with Gasteiger partial charge in [0.15, 0.2) is 0 Å². The molecule has 0 bridgehead atoms. The van der Waals surface area contributed by atoms with E-state index in [0.29, 0.717) is 30.4 Å². The van der Waals surface area contributed by atoms with E-state index in [1.54, 1.807) is 38.3 Å². The van der Waals surface area contributed by atoms with Gasteiger partial charge in [0.1, 0.15) is 17.4 Å². The van der Waals surface area contributed by atoms with Crippen LogP contribution in [-0.4, -0.2) is 37.0 Å². The number of methoxy groups -OCH3 is 1. The molecule has 0 unspecified atom stereocenters. The van der Waals surface area contributed by atoms with Crippen molar-refractivity contribution >= 4 is 11.7 Å². The maximum atomic E-state index is 9.31. The molecule has 0 aromatic heterocycles. The molecule has 0 aliphatic carbocycles. The highest BCUT2D eigenvalue weighted by Crippen LogP contribution is 2.10. The fraction of sp³-hybridized carbons (Fsp3) is 0.333. The third-order valence-electron chi connectivity index (χ3n) is 2.06. The van der Waals surface area contributed by atoms with Crippen LogP contribution >= 0.6 is 0 Å². The lowest BCUT2D eigenvalue weighted by Gasteiger charge is -2.01. The second-order valence-electron chi connectivity index (χ2n) is 3.47. The van der Waals surface area contributed by atoms with Crippen molar-refractivity contribution in [3.05, 3.63) is 29.8 Å². The maximum Gasteiger partial charge on any atom is 0.132 e. The molecular formula is C12H17N3O2. The van der Waals surface area contributed by atoms with E-state index in [1.807, 2.05) is 0 Å². The molecule has 0 aliphatic rings. The predicted octanol–water partition coefficient (Wildman–Crippen LogP) is 1.16. The highest BCUT2D eigenvalue weighted by molar-refractivity contribution is 6.04. The summed E-state index contributed by atoms with van der Waals surface area (Å²) >= 11 is 0. The van der Waals surface area contributed by atoms with Gasteiger partial charge in [-0.05, 0) is 19.1 Å². The smallest absolute Gasteiger partial charge is 0.132 e. The monoisotopic (exact) mass is 235 g/mol. The van der Waals surface area contributed by atoms with Crippen LogP contribution in [0.3, 0.4) is 0 Å². The first-order valence-electron chi connectivity index (χ1n) is 5.27. The summed E-state index contributed by atoms with van der Waals surface area (Å²) in [5.41, 5.74) is 6.47. The molecule has 3 N–H and O–H groups in total. The first-order chi connectivity index (χ1) is 8.13. The van der Waals surface area contributed by atoms with E-state index in [4.69, 9.17) is 10.5 Å². The predicted molar refractivity (Wildman–Crippen MR) is 68.7 cm³/mol. The van der Waals surface area contributed by atoms with Gasteiger partial charge in [-0.15, -0.1) is 0 Å². The number of rotatable bonds is 4. The van der Waals surface area contributed by atoms with Gasteiger partial charge >= 0.3 is 0 Å². The molecule has 1 aromatic rings. The Balaban J connectivity index is 2.75. The van der Waals surface area contributed by atoms with Crippen molar-refractivity contribution in [2.75, 3.05) is 20.3 Å². The van der Waals surface area contributed by atoms with Crippen LogP contribution in [-0.2, 0) is 4.74 Å². The molecule has 17 heavy (non-hydrogen) atoms. The normalized spacial score (nSPS) is 12.8. The van der Waals surface area contributed by atoms with E-state index in [9.17, 15) is 5.11 Å². The van der Waals surface area contributed by atoms with E-state index in [0.717, 1.165) is 0 Å². The number of benzene rings is 1. The van der Waals surface area contributed by atoms with E-state index < -0.39 is 0 Å². The summed E-state index contributed by atoms with van der Waals surface area (Å²) in [6.07, 6.45) is 0.